The second-order valence-corrected chi connectivity index (χ2v) is 4.10. The van der Waals surface area contributed by atoms with Crippen LogP contribution in [-0.2, 0) is 0 Å². The lowest BCUT2D eigenvalue weighted by Gasteiger charge is -2.40. The van der Waals surface area contributed by atoms with Gasteiger partial charge in [-0.25, -0.2) is 0 Å². The molecule has 3 nitrogen and oxygen atoms in total. The lowest BCUT2D eigenvalue weighted by molar-refractivity contribution is 0.0984. The van der Waals surface area contributed by atoms with Crippen molar-refractivity contribution in [2.75, 3.05) is 33.7 Å². The molecular weight excluding hydrogens is 174 g/mol. The van der Waals surface area contributed by atoms with Crippen LogP contribution in [0.4, 0.5) is 0 Å². The third kappa shape index (κ3) is 2.98. The smallest absolute Gasteiger partial charge is 0.0381 e. The summed E-state index contributed by atoms with van der Waals surface area (Å²) in [5, 5.41) is 0. The van der Waals surface area contributed by atoms with Crippen molar-refractivity contribution in [1.29, 1.82) is 0 Å². The van der Waals surface area contributed by atoms with Gasteiger partial charge in [0.2, 0.25) is 0 Å². The first-order chi connectivity index (χ1) is 6.65. The van der Waals surface area contributed by atoms with E-state index in [1.807, 2.05) is 6.92 Å². The van der Waals surface area contributed by atoms with Crippen LogP contribution in [0.3, 0.4) is 0 Å². The van der Waals surface area contributed by atoms with Crippen LogP contribution in [0.15, 0.2) is 0 Å². The molecule has 2 atom stereocenters. The third-order valence-electron chi connectivity index (χ3n) is 2.91. The quantitative estimate of drug-likeness (QED) is 0.628. The number of hydrogen-bond donors (Lipinski definition) is 1. The Morgan fingerprint density at radius 1 is 1.43 bits per heavy atom. The molecule has 2 unspecified atom stereocenters. The topological polar surface area (TPSA) is 32.5 Å². The Labute approximate surface area is 87.2 Å². The Morgan fingerprint density at radius 2 is 2.14 bits per heavy atom. The molecule has 3 heteroatoms. The van der Waals surface area contributed by atoms with Gasteiger partial charge < -0.3 is 10.6 Å². The zero-order valence-corrected chi connectivity index (χ0v) is 9.45. The molecule has 1 saturated heterocycles. The molecule has 1 aliphatic rings. The molecule has 0 aromatic heterocycles. The monoisotopic (exact) mass is 195 g/mol. The summed E-state index contributed by atoms with van der Waals surface area (Å²) in [5.74, 6) is 5.96. The van der Waals surface area contributed by atoms with Crippen molar-refractivity contribution in [1.82, 2.24) is 9.80 Å². The van der Waals surface area contributed by atoms with Gasteiger partial charge in [0.1, 0.15) is 0 Å². The van der Waals surface area contributed by atoms with E-state index in [1.165, 1.54) is 0 Å². The number of nitrogens with zero attached hydrogens (tertiary/aromatic N) is 2. The van der Waals surface area contributed by atoms with Gasteiger partial charge in [-0.2, -0.15) is 0 Å². The number of piperazine rings is 1. The van der Waals surface area contributed by atoms with Gasteiger partial charge in [-0.05, 0) is 21.0 Å². The van der Waals surface area contributed by atoms with E-state index in [9.17, 15) is 0 Å². The van der Waals surface area contributed by atoms with Crippen molar-refractivity contribution in [2.24, 2.45) is 5.73 Å². The molecule has 0 radical (unpaired) electrons. The summed E-state index contributed by atoms with van der Waals surface area (Å²) in [6, 6.07) is 0.629. The Morgan fingerprint density at radius 3 is 2.79 bits per heavy atom. The highest BCUT2D eigenvalue weighted by Crippen LogP contribution is 2.10. The second kappa shape index (κ2) is 5.35. The fraction of sp³-hybridized carbons (Fsp3) is 0.818. The molecule has 80 valence electrons. The maximum Gasteiger partial charge on any atom is 0.0381 e. The van der Waals surface area contributed by atoms with Crippen LogP contribution in [0, 0.1) is 11.8 Å². The largest absolute Gasteiger partial charge is 0.325 e. The molecule has 1 heterocycles. The average molecular weight is 195 g/mol. The van der Waals surface area contributed by atoms with E-state index >= 15 is 0 Å². The summed E-state index contributed by atoms with van der Waals surface area (Å²) in [6.45, 7) is 5.17. The number of nitrogens with two attached hydrogens (primary N) is 1. The normalized spacial score (nSPS) is 26.7. The van der Waals surface area contributed by atoms with E-state index in [0.29, 0.717) is 6.04 Å². The highest BCUT2D eigenvalue weighted by atomic mass is 15.3. The SMILES string of the molecule is CC#CCC(N)C1CN(C)CCN1C. The van der Waals surface area contributed by atoms with E-state index in [-0.39, 0.29) is 6.04 Å². The molecule has 2 N–H and O–H groups in total. The maximum absolute atomic E-state index is 6.12. The van der Waals surface area contributed by atoms with Gasteiger partial charge >= 0.3 is 0 Å². The van der Waals surface area contributed by atoms with Gasteiger partial charge in [0.15, 0.2) is 0 Å². The average Bonchev–Trinajstić information content (AvgIpc) is 2.18. The first-order valence-electron chi connectivity index (χ1n) is 5.19. The van der Waals surface area contributed by atoms with Crippen molar-refractivity contribution in [3.63, 3.8) is 0 Å². The first kappa shape index (κ1) is 11.5. The summed E-state index contributed by atoms with van der Waals surface area (Å²) >= 11 is 0. The molecule has 0 aromatic rings. The van der Waals surface area contributed by atoms with Crippen molar-refractivity contribution >= 4 is 0 Å². The summed E-state index contributed by atoms with van der Waals surface area (Å²) in [5.41, 5.74) is 6.12. The maximum atomic E-state index is 6.12. The molecule has 0 bridgehead atoms. The van der Waals surface area contributed by atoms with Crippen molar-refractivity contribution in [3.05, 3.63) is 0 Å². The van der Waals surface area contributed by atoms with Gasteiger partial charge in [0.05, 0.1) is 0 Å². The molecule has 1 fully saturated rings. The van der Waals surface area contributed by atoms with Gasteiger partial charge in [-0.3, -0.25) is 4.90 Å². The summed E-state index contributed by atoms with van der Waals surface area (Å²) < 4.78 is 0. The van der Waals surface area contributed by atoms with Crippen LogP contribution in [0.1, 0.15) is 13.3 Å². The molecule has 1 rings (SSSR count). The van der Waals surface area contributed by atoms with Crippen LogP contribution in [0.25, 0.3) is 0 Å². The van der Waals surface area contributed by atoms with Gasteiger partial charge in [0.25, 0.3) is 0 Å². The molecule has 0 aliphatic carbocycles. The second-order valence-electron chi connectivity index (χ2n) is 4.10. The molecule has 0 saturated carbocycles. The molecule has 1 aliphatic heterocycles. The highest BCUT2D eigenvalue weighted by molar-refractivity contribution is 5.01. The zero-order chi connectivity index (χ0) is 10.6. The van der Waals surface area contributed by atoms with Gasteiger partial charge in [-0.1, -0.05) is 0 Å². The van der Waals surface area contributed by atoms with Gasteiger partial charge in [-0.15, -0.1) is 11.8 Å². The molecular formula is C11H21N3. The lowest BCUT2D eigenvalue weighted by Crippen LogP contribution is -2.57. The van der Waals surface area contributed by atoms with Crippen molar-refractivity contribution < 1.29 is 0 Å². The summed E-state index contributed by atoms with van der Waals surface area (Å²) in [7, 11) is 4.30. The molecule has 0 aromatic carbocycles. The molecule has 0 amide bonds. The minimum atomic E-state index is 0.176. The van der Waals surface area contributed by atoms with E-state index in [2.05, 4.69) is 35.7 Å². The highest BCUT2D eigenvalue weighted by Gasteiger charge is 2.26. The standard InChI is InChI=1S/C11H21N3/c1-4-5-6-10(12)11-9-13(2)7-8-14(11)3/h10-11H,6-9,12H2,1-3H3. The minimum absolute atomic E-state index is 0.176. The minimum Gasteiger partial charge on any atom is -0.325 e. The van der Waals surface area contributed by atoms with Crippen LogP contribution in [0.5, 0.6) is 0 Å². The Hall–Kier alpha value is -0.560. The van der Waals surface area contributed by atoms with E-state index in [4.69, 9.17) is 5.73 Å². The number of likely N-dealkylation sites (N-methyl/N-ethyl adjacent to an activating group) is 2. The Kier molecular flexibility index (Phi) is 4.40. The molecule has 14 heavy (non-hydrogen) atoms. The Bertz CT molecular complexity index is 228. The van der Waals surface area contributed by atoms with Gasteiger partial charge in [0, 0.05) is 38.1 Å². The van der Waals surface area contributed by atoms with E-state index in [0.717, 1.165) is 26.1 Å². The third-order valence-corrected chi connectivity index (χ3v) is 2.91. The van der Waals surface area contributed by atoms with E-state index in [1.54, 1.807) is 0 Å². The fourth-order valence-electron chi connectivity index (χ4n) is 1.86. The van der Waals surface area contributed by atoms with Crippen molar-refractivity contribution in [3.8, 4) is 11.8 Å². The van der Waals surface area contributed by atoms with Crippen LogP contribution in [0.2, 0.25) is 0 Å². The summed E-state index contributed by atoms with van der Waals surface area (Å²) in [6.07, 6.45) is 0.805. The Balaban J connectivity index is 2.49. The summed E-state index contributed by atoms with van der Waals surface area (Å²) in [4.78, 5) is 4.69. The molecule has 0 spiro atoms. The fourth-order valence-corrected chi connectivity index (χ4v) is 1.86. The lowest BCUT2D eigenvalue weighted by atomic mass is 10.0. The van der Waals surface area contributed by atoms with Crippen molar-refractivity contribution in [2.45, 2.75) is 25.4 Å². The number of rotatable bonds is 2. The van der Waals surface area contributed by atoms with Crippen LogP contribution in [-0.4, -0.2) is 55.6 Å². The van der Waals surface area contributed by atoms with Crippen LogP contribution >= 0.6 is 0 Å². The van der Waals surface area contributed by atoms with E-state index < -0.39 is 0 Å². The first-order valence-corrected chi connectivity index (χ1v) is 5.19. The predicted octanol–water partition coefficient (Wildman–Crippen LogP) is -0.0271. The zero-order valence-electron chi connectivity index (χ0n) is 9.45. The number of hydrogen-bond acceptors (Lipinski definition) is 3. The predicted molar refractivity (Wildman–Crippen MR) is 60.0 cm³/mol. The van der Waals surface area contributed by atoms with Crippen LogP contribution < -0.4 is 5.73 Å².